The van der Waals surface area contributed by atoms with Crippen LogP contribution in [0.15, 0.2) is 24.3 Å². The van der Waals surface area contributed by atoms with E-state index in [1.54, 1.807) is 25.1 Å². The molecule has 0 saturated heterocycles. The Hall–Kier alpha value is -1.95. The maximum atomic E-state index is 11.8. The minimum absolute atomic E-state index is 0.0153. The standard InChI is InChI=1S/C14H20N2O4/c1-10(7-11(2)17)9-15-14(18)8-12-5-3-4-6-13(12)16(19)20/h3-6,10-11,17H,7-9H2,1-2H3,(H,15,18)/t10-,11-/m0/s1. The Morgan fingerprint density at radius 1 is 1.40 bits per heavy atom. The molecule has 0 unspecified atom stereocenters. The number of para-hydroxylation sites is 1. The van der Waals surface area contributed by atoms with Crippen LogP contribution in [-0.2, 0) is 11.2 Å². The van der Waals surface area contributed by atoms with Gasteiger partial charge in [0.15, 0.2) is 0 Å². The van der Waals surface area contributed by atoms with Gasteiger partial charge >= 0.3 is 0 Å². The molecular weight excluding hydrogens is 260 g/mol. The van der Waals surface area contributed by atoms with Crippen molar-refractivity contribution in [2.24, 2.45) is 5.92 Å². The SMILES string of the molecule is C[C@H](CNC(=O)Cc1ccccc1[N+](=O)[O-])C[C@H](C)O. The summed E-state index contributed by atoms with van der Waals surface area (Å²) < 4.78 is 0. The molecule has 0 fully saturated rings. The Kier molecular flexibility index (Phi) is 6.11. The summed E-state index contributed by atoms with van der Waals surface area (Å²) >= 11 is 0. The predicted molar refractivity (Wildman–Crippen MR) is 75.3 cm³/mol. The molecule has 1 aromatic carbocycles. The van der Waals surface area contributed by atoms with Crippen molar-refractivity contribution in [1.29, 1.82) is 0 Å². The van der Waals surface area contributed by atoms with Crippen LogP contribution in [0, 0.1) is 16.0 Å². The minimum Gasteiger partial charge on any atom is -0.393 e. The summed E-state index contributed by atoms with van der Waals surface area (Å²) in [5.41, 5.74) is 0.359. The molecule has 1 amide bonds. The molecule has 20 heavy (non-hydrogen) atoms. The summed E-state index contributed by atoms with van der Waals surface area (Å²) in [6.45, 7) is 4.08. The van der Waals surface area contributed by atoms with Crippen molar-refractivity contribution in [3.05, 3.63) is 39.9 Å². The third-order valence-electron chi connectivity index (χ3n) is 2.93. The Morgan fingerprint density at radius 2 is 2.05 bits per heavy atom. The zero-order valence-electron chi connectivity index (χ0n) is 11.7. The van der Waals surface area contributed by atoms with Gasteiger partial charge in [-0.3, -0.25) is 14.9 Å². The maximum Gasteiger partial charge on any atom is 0.273 e. The van der Waals surface area contributed by atoms with E-state index in [-0.39, 0.29) is 23.9 Å². The van der Waals surface area contributed by atoms with Crippen molar-refractivity contribution in [3.63, 3.8) is 0 Å². The van der Waals surface area contributed by atoms with Crippen LogP contribution in [0.4, 0.5) is 5.69 Å². The van der Waals surface area contributed by atoms with E-state index in [0.29, 0.717) is 18.5 Å². The summed E-state index contributed by atoms with van der Waals surface area (Å²) in [4.78, 5) is 22.1. The van der Waals surface area contributed by atoms with E-state index in [1.165, 1.54) is 6.07 Å². The first-order valence-corrected chi connectivity index (χ1v) is 6.57. The van der Waals surface area contributed by atoms with E-state index in [4.69, 9.17) is 0 Å². The molecule has 0 heterocycles. The lowest BCUT2D eigenvalue weighted by atomic mass is 10.0. The van der Waals surface area contributed by atoms with Gasteiger partial charge in [0.2, 0.25) is 5.91 Å². The van der Waals surface area contributed by atoms with Crippen molar-refractivity contribution in [1.82, 2.24) is 5.32 Å². The molecule has 0 bridgehead atoms. The van der Waals surface area contributed by atoms with Gasteiger partial charge in [-0.05, 0) is 19.3 Å². The topological polar surface area (TPSA) is 92.5 Å². The molecule has 1 aromatic rings. The molecule has 2 N–H and O–H groups in total. The van der Waals surface area contributed by atoms with Gasteiger partial charge in [-0.2, -0.15) is 0 Å². The summed E-state index contributed by atoms with van der Waals surface area (Å²) in [6, 6.07) is 6.21. The number of hydrogen-bond donors (Lipinski definition) is 2. The monoisotopic (exact) mass is 280 g/mol. The van der Waals surface area contributed by atoms with E-state index in [9.17, 15) is 20.0 Å². The Labute approximate surface area is 118 Å². The van der Waals surface area contributed by atoms with Gasteiger partial charge in [0.1, 0.15) is 0 Å². The van der Waals surface area contributed by atoms with E-state index in [0.717, 1.165) is 0 Å². The summed E-state index contributed by atoms with van der Waals surface area (Å²) in [6.07, 6.45) is 0.182. The molecule has 0 aliphatic heterocycles. The number of nitrogens with zero attached hydrogens (tertiary/aromatic N) is 1. The second-order valence-corrected chi connectivity index (χ2v) is 5.06. The molecule has 1 rings (SSSR count). The smallest absolute Gasteiger partial charge is 0.273 e. The Bertz CT molecular complexity index is 474. The van der Waals surface area contributed by atoms with E-state index in [1.807, 2.05) is 6.92 Å². The number of carbonyl (C=O) groups is 1. The number of carbonyl (C=O) groups excluding carboxylic acids is 1. The summed E-state index contributed by atoms with van der Waals surface area (Å²) in [5.74, 6) is -0.0959. The molecule has 0 aromatic heterocycles. The third-order valence-corrected chi connectivity index (χ3v) is 2.93. The third kappa shape index (κ3) is 5.36. The number of benzene rings is 1. The number of aliphatic hydroxyl groups excluding tert-OH is 1. The van der Waals surface area contributed by atoms with Crippen LogP contribution >= 0.6 is 0 Å². The first-order valence-electron chi connectivity index (χ1n) is 6.57. The molecule has 6 nitrogen and oxygen atoms in total. The summed E-state index contributed by atoms with van der Waals surface area (Å²) in [5, 5.41) is 22.8. The molecule has 0 radical (unpaired) electrons. The first kappa shape index (κ1) is 16.1. The lowest BCUT2D eigenvalue weighted by Gasteiger charge is -2.14. The van der Waals surface area contributed by atoms with Crippen molar-refractivity contribution in [2.45, 2.75) is 32.8 Å². The van der Waals surface area contributed by atoms with Crippen LogP contribution in [0.5, 0.6) is 0 Å². The first-order chi connectivity index (χ1) is 9.40. The number of rotatable bonds is 7. The number of nitro groups is 1. The highest BCUT2D eigenvalue weighted by molar-refractivity contribution is 5.79. The molecule has 2 atom stereocenters. The van der Waals surface area contributed by atoms with Crippen LogP contribution in [0.3, 0.4) is 0 Å². The van der Waals surface area contributed by atoms with Gasteiger partial charge in [0, 0.05) is 18.2 Å². The van der Waals surface area contributed by atoms with Gasteiger partial charge < -0.3 is 10.4 Å². The van der Waals surface area contributed by atoms with Gasteiger partial charge in [-0.15, -0.1) is 0 Å². The lowest BCUT2D eigenvalue weighted by molar-refractivity contribution is -0.385. The van der Waals surface area contributed by atoms with Crippen LogP contribution in [0.1, 0.15) is 25.8 Å². The van der Waals surface area contributed by atoms with E-state index >= 15 is 0 Å². The number of nitro benzene ring substituents is 1. The van der Waals surface area contributed by atoms with Crippen LogP contribution in [-0.4, -0.2) is 28.6 Å². The van der Waals surface area contributed by atoms with Crippen LogP contribution in [0.2, 0.25) is 0 Å². The fourth-order valence-electron chi connectivity index (χ4n) is 2.03. The average molecular weight is 280 g/mol. The number of hydrogen-bond acceptors (Lipinski definition) is 4. The highest BCUT2D eigenvalue weighted by atomic mass is 16.6. The highest BCUT2D eigenvalue weighted by Gasteiger charge is 2.16. The Balaban J connectivity index is 2.53. The molecule has 110 valence electrons. The van der Waals surface area contributed by atoms with Crippen LogP contribution < -0.4 is 5.32 Å². The Morgan fingerprint density at radius 3 is 2.65 bits per heavy atom. The predicted octanol–water partition coefficient (Wildman–Crippen LogP) is 1.66. The molecule has 0 aliphatic carbocycles. The van der Waals surface area contributed by atoms with E-state index < -0.39 is 11.0 Å². The van der Waals surface area contributed by atoms with Gasteiger partial charge in [0.25, 0.3) is 5.69 Å². The second kappa shape index (κ2) is 7.59. The quantitative estimate of drug-likeness (QED) is 0.587. The number of amides is 1. The van der Waals surface area contributed by atoms with E-state index in [2.05, 4.69) is 5.32 Å². The zero-order valence-corrected chi connectivity index (χ0v) is 11.7. The normalized spacial score (nSPS) is 13.6. The minimum atomic E-state index is -0.487. The van der Waals surface area contributed by atoms with Crippen LogP contribution in [0.25, 0.3) is 0 Å². The number of aliphatic hydroxyl groups is 1. The zero-order chi connectivity index (χ0) is 15.1. The fourth-order valence-corrected chi connectivity index (χ4v) is 2.03. The fraction of sp³-hybridized carbons (Fsp3) is 0.500. The molecule has 0 saturated carbocycles. The molecule has 6 heteroatoms. The second-order valence-electron chi connectivity index (χ2n) is 5.06. The van der Waals surface area contributed by atoms with Gasteiger partial charge in [-0.1, -0.05) is 25.1 Å². The highest BCUT2D eigenvalue weighted by Crippen LogP contribution is 2.18. The van der Waals surface area contributed by atoms with Crippen molar-refractivity contribution < 1.29 is 14.8 Å². The largest absolute Gasteiger partial charge is 0.393 e. The van der Waals surface area contributed by atoms with Gasteiger partial charge in [0.05, 0.1) is 17.4 Å². The van der Waals surface area contributed by atoms with Gasteiger partial charge in [-0.25, -0.2) is 0 Å². The summed E-state index contributed by atoms with van der Waals surface area (Å²) in [7, 11) is 0. The molecule has 0 spiro atoms. The lowest BCUT2D eigenvalue weighted by Crippen LogP contribution is -2.30. The number of nitrogens with one attached hydrogen (secondary N) is 1. The molecular formula is C14H20N2O4. The maximum absolute atomic E-state index is 11.8. The average Bonchev–Trinajstić information content (AvgIpc) is 2.36. The van der Waals surface area contributed by atoms with Crippen molar-refractivity contribution in [3.8, 4) is 0 Å². The van der Waals surface area contributed by atoms with Crippen molar-refractivity contribution in [2.75, 3.05) is 6.54 Å². The van der Waals surface area contributed by atoms with Crippen molar-refractivity contribution >= 4 is 11.6 Å². The molecule has 0 aliphatic rings.